The lowest BCUT2D eigenvalue weighted by atomic mass is 10.1. The van der Waals surface area contributed by atoms with Crippen LogP contribution in [-0.4, -0.2) is 41.7 Å². The number of hydrogen-bond donors (Lipinski definition) is 1. The summed E-state index contributed by atoms with van der Waals surface area (Å²) < 4.78 is 5.13. The molecule has 0 atom stereocenters. The number of hydrogen-bond acceptors (Lipinski definition) is 5. The number of aryl methyl sites for hydroxylation is 1. The van der Waals surface area contributed by atoms with Gasteiger partial charge in [-0.1, -0.05) is 0 Å². The monoisotopic (exact) mass is 301 g/mol. The number of carboxylic acid groups (broad SMARTS) is 1. The molecule has 1 N–H and O–H groups in total. The van der Waals surface area contributed by atoms with Crippen molar-refractivity contribution < 1.29 is 14.6 Å². The number of benzene rings is 1. The van der Waals surface area contributed by atoms with Crippen LogP contribution < -0.4 is 9.64 Å². The van der Waals surface area contributed by atoms with Crippen LogP contribution in [0.1, 0.15) is 11.3 Å². The number of nitrogens with zero attached hydrogens (tertiary/aromatic N) is 3. The first-order valence-electron chi connectivity index (χ1n) is 6.86. The molecule has 0 fully saturated rings. The summed E-state index contributed by atoms with van der Waals surface area (Å²) in [6, 6.07) is 7.21. The molecule has 22 heavy (non-hydrogen) atoms. The quantitative estimate of drug-likeness (QED) is 0.913. The van der Waals surface area contributed by atoms with Gasteiger partial charge in [0.15, 0.2) is 6.61 Å². The molecule has 0 bridgehead atoms. The molecule has 2 rings (SSSR count). The number of aliphatic carboxylic acids is 1. The second-order valence-corrected chi connectivity index (χ2v) is 5.18. The molecule has 0 spiro atoms. The summed E-state index contributed by atoms with van der Waals surface area (Å²) in [7, 11) is 3.80. The predicted molar refractivity (Wildman–Crippen MR) is 84.4 cm³/mol. The Morgan fingerprint density at radius 2 is 1.82 bits per heavy atom. The van der Waals surface area contributed by atoms with Gasteiger partial charge in [-0.05, 0) is 43.7 Å². The fourth-order valence-corrected chi connectivity index (χ4v) is 1.95. The first kappa shape index (κ1) is 15.8. The Balaban J connectivity index is 2.33. The van der Waals surface area contributed by atoms with Crippen LogP contribution in [0.4, 0.5) is 5.95 Å². The number of ether oxygens (including phenoxy) is 1. The number of rotatable bonds is 5. The van der Waals surface area contributed by atoms with E-state index in [-0.39, 0.29) is 6.61 Å². The molecule has 6 nitrogen and oxygen atoms in total. The third-order valence-electron chi connectivity index (χ3n) is 3.27. The van der Waals surface area contributed by atoms with Crippen LogP contribution in [0.3, 0.4) is 0 Å². The number of aromatic nitrogens is 2. The third-order valence-corrected chi connectivity index (χ3v) is 3.27. The largest absolute Gasteiger partial charge is 0.482 e. The van der Waals surface area contributed by atoms with Crippen molar-refractivity contribution >= 4 is 11.9 Å². The zero-order valence-corrected chi connectivity index (χ0v) is 13.1. The summed E-state index contributed by atoms with van der Waals surface area (Å²) in [5, 5.41) is 8.61. The van der Waals surface area contributed by atoms with Gasteiger partial charge in [0, 0.05) is 25.4 Å². The molecule has 0 radical (unpaired) electrons. The minimum atomic E-state index is -0.998. The Morgan fingerprint density at radius 1 is 1.18 bits per heavy atom. The van der Waals surface area contributed by atoms with E-state index in [0.29, 0.717) is 11.7 Å². The molecule has 1 aromatic carbocycles. The molecule has 0 saturated heterocycles. The number of carboxylic acids is 1. The van der Waals surface area contributed by atoms with Crippen LogP contribution in [-0.2, 0) is 4.79 Å². The third kappa shape index (κ3) is 3.52. The van der Waals surface area contributed by atoms with Crippen LogP contribution in [0, 0.1) is 13.8 Å². The Hall–Kier alpha value is -2.63. The van der Waals surface area contributed by atoms with Gasteiger partial charge in [0.2, 0.25) is 5.95 Å². The SMILES string of the molecule is Cc1nc(N(C)C)nc(-c2ccc(OCC(=O)O)cc2)c1C. The molecule has 0 amide bonds. The second-order valence-electron chi connectivity index (χ2n) is 5.18. The van der Waals surface area contributed by atoms with Crippen LogP contribution in [0.15, 0.2) is 24.3 Å². The molecular formula is C16H19N3O3. The maximum absolute atomic E-state index is 10.5. The molecule has 1 heterocycles. The molecule has 116 valence electrons. The Labute approximate surface area is 129 Å². The first-order valence-corrected chi connectivity index (χ1v) is 6.86. The van der Waals surface area contributed by atoms with E-state index in [1.165, 1.54) is 0 Å². The van der Waals surface area contributed by atoms with Crippen LogP contribution in [0.5, 0.6) is 5.75 Å². The highest BCUT2D eigenvalue weighted by Crippen LogP contribution is 2.26. The fourth-order valence-electron chi connectivity index (χ4n) is 1.95. The summed E-state index contributed by atoms with van der Waals surface area (Å²) in [5.41, 5.74) is 3.75. The van der Waals surface area contributed by atoms with E-state index in [2.05, 4.69) is 9.97 Å². The lowest BCUT2D eigenvalue weighted by molar-refractivity contribution is -0.139. The molecule has 0 unspecified atom stereocenters. The highest BCUT2D eigenvalue weighted by molar-refractivity contribution is 5.69. The van der Waals surface area contributed by atoms with E-state index in [4.69, 9.17) is 9.84 Å². The van der Waals surface area contributed by atoms with E-state index in [1.807, 2.05) is 45.0 Å². The van der Waals surface area contributed by atoms with E-state index in [1.54, 1.807) is 12.1 Å². The van der Waals surface area contributed by atoms with Gasteiger partial charge in [-0.25, -0.2) is 14.8 Å². The highest BCUT2D eigenvalue weighted by atomic mass is 16.5. The number of carbonyl (C=O) groups is 1. The summed E-state index contributed by atoms with van der Waals surface area (Å²) in [4.78, 5) is 21.4. The summed E-state index contributed by atoms with van der Waals surface area (Å²) in [6.07, 6.45) is 0. The summed E-state index contributed by atoms with van der Waals surface area (Å²) in [5.74, 6) is 0.175. The average Bonchev–Trinajstić information content (AvgIpc) is 2.48. The summed E-state index contributed by atoms with van der Waals surface area (Å²) >= 11 is 0. The standard InChI is InChI=1S/C16H19N3O3/c1-10-11(2)17-16(19(3)4)18-15(10)12-5-7-13(8-6-12)22-9-14(20)21/h5-8H,9H2,1-4H3,(H,20,21). The van der Waals surface area contributed by atoms with E-state index >= 15 is 0 Å². The van der Waals surface area contributed by atoms with Crippen molar-refractivity contribution in [2.24, 2.45) is 0 Å². The predicted octanol–water partition coefficient (Wildman–Crippen LogP) is 2.29. The highest BCUT2D eigenvalue weighted by Gasteiger charge is 2.11. The average molecular weight is 301 g/mol. The van der Waals surface area contributed by atoms with Gasteiger partial charge < -0.3 is 14.7 Å². The molecule has 2 aromatic rings. The maximum atomic E-state index is 10.5. The van der Waals surface area contributed by atoms with Gasteiger partial charge in [-0.15, -0.1) is 0 Å². The van der Waals surface area contributed by atoms with E-state index in [0.717, 1.165) is 22.5 Å². The van der Waals surface area contributed by atoms with E-state index < -0.39 is 5.97 Å². The Kier molecular flexibility index (Phi) is 4.60. The molecular weight excluding hydrogens is 282 g/mol. The van der Waals surface area contributed by atoms with E-state index in [9.17, 15) is 4.79 Å². The smallest absolute Gasteiger partial charge is 0.341 e. The van der Waals surface area contributed by atoms with Crippen molar-refractivity contribution in [3.63, 3.8) is 0 Å². The molecule has 0 aliphatic rings. The Morgan fingerprint density at radius 3 is 2.36 bits per heavy atom. The molecule has 1 aromatic heterocycles. The van der Waals surface area contributed by atoms with Crippen molar-refractivity contribution in [3.05, 3.63) is 35.5 Å². The molecule has 6 heteroatoms. The van der Waals surface area contributed by atoms with Crippen LogP contribution in [0.25, 0.3) is 11.3 Å². The maximum Gasteiger partial charge on any atom is 0.341 e. The second kappa shape index (κ2) is 6.43. The first-order chi connectivity index (χ1) is 10.4. The normalized spacial score (nSPS) is 10.4. The topological polar surface area (TPSA) is 75.5 Å². The molecule has 0 saturated carbocycles. The van der Waals surface area contributed by atoms with Crippen molar-refractivity contribution in [2.75, 3.05) is 25.6 Å². The zero-order chi connectivity index (χ0) is 16.3. The zero-order valence-electron chi connectivity index (χ0n) is 13.1. The van der Waals surface area contributed by atoms with Crippen molar-refractivity contribution in [2.45, 2.75) is 13.8 Å². The van der Waals surface area contributed by atoms with Crippen LogP contribution in [0.2, 0.25) is 0 Å². The van der Waals surface area contributed by atoms with Gasteiger partial charge in [-0.2, -0.15) is 0 Å². The van der Waals surface area contributed by atoms with Gasteiger partial charge in [-0.3, -0.25) is 0 Å². The molecule has 0 aliphatic heterocycles. The molecule has 0 aliphatic carbocycles. The van der Waals surface area contributed by atoms with Gasteiger partial charge in [0.1, 0.15) is 5.75 Å². The van der Waals surface area contributed by atoms with Crippen molar-refractivity contribution in [1.29, 1.82) is 0 Å². The van der Waals surface area contributed by atoms with Crippen molar-refractivity contribution in [1.82, 2.24) is 9.97 Å². The van der Waals surface area contributed by atoms with Crippen LogP contribution >= 0.6 is 0 Å². The fraction of sp³-hybridized carbons (Fsp3) is 0.312. The minimum absolute atomic E-state index is 0.351. The summed E-state index contributed by atoms with van der Waals surface area (Å²) in [6.45, 7) is 3.59. The van der Waals surface area contributed by atoms with Gasteiger partial charge in [0.25, 0.3) is 0 Å². The Bertz CT molecular complexity index is 682. The minimum Gasteiger partial charge on any atom is -0.482 e. The van der Waals surface area contributed by atoms with Gasteiger partial charge >= 0.3 is 5.97 Å². The van der Waals surface area contributed by atoms with Gasteiger partial charge in [0.05, 0.1) is 5.69 Å². The van der Waals surface area contributed by atoms with Crippen molar-refractivity contribution in [3.8, 4) is 17.0 Å². The lowest BCUT2D eigenvalue weighted by Crippen LogP contribution is -2.14. The lowest BCUT2D eigenvalue weighted by Gasteiger charge is -2.15. The number of anilines is 1.